The summed E-state index contributed by atoms with van der Waals surface area (Å²) in [5.41, 5.74) is 0. The smallest absolute Gasteiger partial charge is 0.450 e. The largest absolute Gasteiger partial charge is 0.507 e. The lowest BCUT2D eigenvalue weighted by Crippen LogP contribution is -2.18. The zero-order valence-corrected chi connectivity index (χ0v) is 6.23. The molecule has 0 saturated heterocycles. The van der Waals surface area contributed by atoms with E-state index in [0.29, 0.717) is 0 Å². The van der Waals surface area contributed by atoms with Gasteiger partial charge in [-0.2, -0.15) is 0 Å². The van der Waals surface area contributed by atoms with Gasteiger partial charge in [0.2, 0.25) is 0 Å². The van der Waals surface area contributed by atoms with E-state index in [9.17, 15) is 4.79 Å². The predicted octanol–water partition coefficient (Wildman–Crippen LogP) is 1.81. The Hall–Kier alpha value is -0.250. The normalized spacial score (nSPS) is 10.9. The number of hydrogen-bond donors (Lipinski definition) is 1. The van der Waals surface area contributed by atoms with Crippen LogP contribution in [0.2, 0.25) is 0 Å². The Morgan fingerprint density at radius 1 is 1.75 bits per heavy atom. The average Bonchev–Trinajstić information content (AvgIpc) is 1.21. The fraction of sp³-hybridized carbons (Fsp3) is 0.750. The Kier molecular flexibility index (Phi) is 2.27. The molecule has 0 unspecified atom stereocenters. The van der Waals surface area contributed by atoms with Gasteiger partial charge < -0.3 is 9.84 Å². The average molecular weight is 183 g/mol. The number of rotatable bonds is 1. The highest BCUT2D eigenvalue weighted by Crippen LogP contribution is 2.16. The highest BCUT2D eigenvalue weighted by atomic mass is 79.9. The van der Waals surface area contributed by atoms with Gasteiger partial charge in [-0.05, 0) is 29.8 Å². The van der Waals surface area contributed by atoms with Gasteiger partial charge in [0, 0.05) is 0 Å². The van der Waals surface area contributed by atoms with Crippen molar-refractivity contribution in [3.05, 3.63) is 0 Å². The van der Waals surface area contributed by atoms with Crippen LogP contribution < -0.4 is 0 Å². The van der Waals surface area contributed by atoms with Gasteiger partial charge in [0.25, 0.3) is 0 Å². The molecule has 0 aliphatic heterocycles. The van der Waals surface area contributed by atoms with Crippen LogP contribution in [0.25, 0.3) is 0 Å². The number of hydrogen-bond acceptors (Lipinski definition) is 2. The minimum atomic E-state index is -1.27. The molecule has 1 N–H and O–H groups in total. The lowest BCUT2D eigenvalue weighted by Gasteiger charge is -2.13. The molecule has 8 heavy (non-hydrogen) atoms. The molecule has 0 aromatic carbocycles. The summed E-state index contributed by atoms with van der Waals surface area (Å²) in [5, 5.41) is 8.00. The molecule has 0 aliphatic rings. The van der Waals surface area contributed by atoms with Crippen LogP contribution in [0.3, 0.4) is 0 Å². The van der Waals surface area contributed by atoms with E-state index in [2.05, 4.69) is 20.7 Å². The summed E-state index contributed by atoms with van der Waals surface area (Å²) in [5.74, 6) is 0. The lowest BCUT2D eigenvalue weighted by molar-refractivity contribution is 0.0545. The highest BCUT2D eigenvalue weighted by molar-refractivity contribution is 9.10. The summed E-state index contributed by atoms with van der Waals surface area (Å²) in [7, 11) is 0. The standard InChI is InChI=1S/C4H7BrO3/c1-4(2,5)8-3(6)7/h1-2H3,(H,6,7). The maximum atomic E-state index is 9.76. The van der Waals surface area contributed by atoms with Crippen molar-refractivity contribution in [2.45, 2.75) is 18.4 Å². The molecule has 0 heterocycles. The molecule has 0 aliphatic carbocycles. The minimum Gasteiger partial charge on any atom is -0.450 e. The number of ether oxygens (including phenoxy) is 1. The van der Waals surface area contributed by atoms with Crippen molar-refractivity contribution in [1.82, 2.24) is 0 Å². The first kappa shape index (κ1) is 7.75. The number of carboxylic acid groups (broad SMARTS) is 1. The molecule has 0 fully saturated rings. The van der Waals surface area contributed by atoms with E-state index in [1.165, 1.54) is 0 Å². The van der Waals surface area contributed by atoms with E-state index in [0.717, 1.165) is 0 Å². The van der Waals surface area contributed by atoms with E-state index in [1.807, 2.05) is 0 Å². The van der Waals surface area contributed by atoms with Gasteiger partial charge in [-0.25, -0.2) is 4.79 Å². The molecular formula is C4H7BrO3. The molecule has 0 aromatic rings. The molecule has 0 bridgehead atoms. The van der Waals surface area contributed by atoms with Crippen molar-refractivity contribution in [1.29, 1.82) is 0 Å². The van der Waals surface area contributed by atoms with Crippen molar-refractivity contribution in [2.75, 3.05) is 0 Å². The Balaban J connectivity index is 3.55. The Morgan fingerprint density at radius 2 is 2.12 bits per heavy atom. The Bertz CT molecular complexity index is 93.9. The second-order valence-electron chi connectivity index (χ2n) is 1.73. The molecule has 0 radical (unpaired) electrons. The van der Waals surface area contributed by atoms with Crippen molar-refractivity contribution in [3.63, 3.8) is 0 Å². The quantitative estimate of drug-likeness (QED) is 0.498. The van der Waals surface area contributed by atoms with E-state index < -0.39 is 10.7 Å². The van der Waals surface area contributed by atoms with Crippen LogP contribution in [-0.4, -0.2) is 15.8 Å². The maximum Gasteiger partial charge on any atom is 0.507 e. The van der Waals surface area contributed by atoms with Gasteiger partial charge in [-0.15, -0.1) is 0 Å². The van der Waals surface area contributed by atoms with Crippen LogP contribution >= 0.6 is 15.9 Å². The first-order valence-corrected chi connectivity index (χ1v) is 2.82. The second kappa shape index (κ2) is 2.35. The third-order valence-corrected chi connectivity index (χ3v) is 0.492. The van der Waals surface area contributed by atoms with Crippen molar-refractivity contribution in [2.24, 2.45) is 0 Å². The monoisotopic (exact) mass is 182 g/mol. The van der Waals surface area contributed by atoms with Crippen LogP contribution in [-0.2, 0) is 4.74 Å². The molecule has 0 spiro atoms. The predicted molar refractivity (Wildman–Crippen MR) is 32.1 cm³/mol. The molecule has 0 amide bonds. The SMILES string of the molecule is CC(C)(Br)OC(=O)O. The van der Waals surface area contributed by atoms with E-state index >= 15 is 0 Å². The Morgan fingerprint density at radius 3 is 2.12 bits per heavy atom. The molecule has 48 valence electrons. The second-order valence-corrected chi connectivity index (χ2v) is 3.64. The third-order valence-electron chi connectivity index (χ3n) is 0.330. The molecule has 0 atom stereocenters. The third kappa shape index (κ3) is 5.75. The van der Waals surface area contributed by atoms with Gasteiger partial charge >= 0.3 is 6.16 Å². The van der Waals surface area contributed by atoms with Crippen LogP contribution in [0.4, 0.5) is 4.79 Å². The van der Waals surface area contributed by atoms with Gasteiger partial charge in [-0.1, -0.05) is 0 Å². The van der Waals surface area contributed by atoms with Crippen LogP contribution in [0.1, 0.15) is 13.8 Å². The van der Waals surface area contributed by atoms with Gasteiger partial charge in [0.1, 0.15) is 0 Å². The molecular weight excluding hydrogens is 176 g/mol. The van der Waals surface area contributed by atoms with Crippen LogP contribution in [0.5, 0.6) is 0 Å². The number of alkyl halides is 1. The van der Waals surface area contributed by atoms with Gasteiger partial charge in [0.15, 0.2) is 4.51 Å². The van der Waals surface area contributed by atoms with Gasteiger partial charge in [-0.3, -0.25) is 0 Å². The summed E-state index contributed by atoms with van der Waals surface area (Å²) in [4.78, 5) is 9.76. The van der Waals surface area contributed by atoms with E-state index in [1.54, 1.807) is 13.8 Å². The van der Waals surface area contributed by atoms with E-state index in [-0.39, 0.29) is 0 Å². The summed E-state index contributed by atoms with van der Waals surface area (Å²) in [6, 6.07) is 0. The Labute approximate surface area is 55.8 Å². The van der Waals surface area contributed by atoms with Crippen LogP contribution in [0, 0.1) is 0 Å². The minimum absolute atomic E-state index is 0.765. The zero-order chi connectivity index (χ0) is 6.78. The number of halogens is 1. The summed E-state index contributed by atoms with van der Waals surface area (Å²) < 4.78 is 3.51. The molecule has 4 heteroatoms. The zero-order valence-electron chi connectivity index (χ0n) is 4.64. The van der Waals surface area contributed by atoms with Crippen LogP contribution in [0.15, 0.2) is 0 Å². The fourth-order valence-corrected chi connectivity index (χ4v) is 0.346. The molecule has 0 saturated carbocycles. The highest BCUT2D eigenvalue weighted by Gasteiger charge is 2.16. The molecule has 0 aromatic heterocycles. The maximum absolute atomic E-state index is 9.76. The van der Waals surface area contributed by atoms with Crippen molar-refractivity contribution < 1.29 is 14.6 Å². The fourth-order valence-electron chi connectivity index (χ4n) is 0.208. The van der Waals surface area contributed by atoms with Crippen molar-refractivity contribution >= 4 is 22.1 Å². The molecule has 0 rings (SSSR count). The van der Waals surface area contributed by atoms with E-state index in [4.69, 9.17) is 5.11 Å². The first-order chi connectivity index (χ1) is 3.42. The summed E-state index contributed by atoms with van der Waals surface area (Å²) in [6.07, 6.45) is -1.27. The first-order valence-electron chi connectivity index (χ1n) is 2.02. The lowest BCUT2D eigenvalue weighted by atomic mass is 10.5. The summed E-state index contributed by atoms with van der Waals surface area (Å²) in [6.45, 7) is 3.20. The van der Waals surface area contributed by atoms with Gasteiger partial charge in [0.05, 0.1) is 0 Å². The molecule has 3 nitrogen and oxygen atoms in total. The number of carbonyl (C=O) groups is 1. The summed E-state index contributed by atoms with van der Waals surface area (Å²) >= 11 is 2.98. The van der Waals surface area contributed by atoms with Crippen molar-refractivity contribution in [3.8, 4) is 0 Å². The topological polar surface area (TPSA) is 46.5 Å².